The van der Waals surface area contributed by atoms with Gasteiger partial charge in [0.25, 0.3) is 0 Å². The van der Waals surface area contributed by atoms with Crippen molar-refractivity contribution in [2.75, 3.05) is 0 Å². The predicted octanol–water partition coefficient (Wildman–Crippen LogP) is 11.4. The number of hydrogen-bond donors (Lipinski definition) is 0. The van der Waals surface area contributed by atoms with E-state index < -0.39 is 0 Å². The first-order valence-corrected chi connectivity index (χ1v) is 16.2. The first kappa shape index (κ1) is 29.5. The Labute approximate surface area is 262 Å². The third-order valence-electron chi connectivity index (χ3n) is 9.01. The van der Waals surface area contributed by atoms with E-state index >= 15 is 0 Å². The molecule has 0 radical (unpaired) electrons. The summed E-state index contributed by atoms with van der Waals surface area (Å²) in [4.78, 5) is 9.79. The summed E-state index contributed by atoms with van der Waals surface area (Å²) < 4.78 is 0. The Kier molecular flexibility index (Phi) is 9.27. The number of fused-ring (bicyclic) bond motifs is 2. The molecule has 1 aromatic heterocycles. The summed E-state index contributed by atoms with van der Waals surface area (Å²) in [6.07, 6.45) is 17.5. The van der Waals surface area contributed by atoms with Crippen LogP contribution in [0.3, 0.4) is 0 Å². The Bertz CT molecular complexity index is 1790. The molecule has 5 aromatic rings. The van der Waals surface area contributed by atoms with Gasteiger partial charge in [0.15, 0.2) is 0 Å². The van der Waals surface area contributed by atoms with Crippen molar-refractivity contribution in [2.45, 2.75) is 58.4 Å². The highest BCUT2D eigenvalue weighted by Gasteiger charge is 2.29. The number of hydrogen-bond acceptors (Lipinski definition) is 2. The highest BCUT2D eigenvalue weighted by molar-refractivity contribution is 6.19. The van der Waals surface area contributed by atoms with Gasteiger partial charge in [0.2, 0.25) is 0 Å². The van der Waals surface area contributed by atoms with Crippen LogP contribution in [0, 0.1) is 5.92 Å². The highest BCUT2D eigenvalue weighted by Crippen LogP contribution is 2.43. The molecule has 0 amide bonds. The van der Waals surface area contributed by atoms with Crippen LogP contribution >= 0.6 is 0 Å². The maximum absolute atomic E-state index is 5.05. The first-order valence-electron chi connectivity index (χ1n) is 16.2. The van der Waals surface area contributed by atoms with Crippen molar-refractivity contribution in [1.29, 1.82) is 0 Å². The summed E-state index contributed by atoms with van der Waals surface area (Å²) in [5, 5.41) is 5.15. The molecule has 1 aliphatic heterocycles. The zero-order valence-electron chi connectivity index (χ0n) is 26.2. The minimum Gasteiger partial charge on any atom is -0.293 e. The van der Waals surface area contributed by atoms with Gasteiger partial charge in [-0.15, -0.1) is 0 Å². The number of benzene rings is 4. The third-order valence-corrected chi connectivity index (χ3v) is 9.01. The lowest BCUT2D eigenvalue weighted by Gasteiger charge is -2.30. The number of rotatable bonds is 9. The van der Waals surface area contributed by atoms with Crippen LogP contribution in [0.15, 0.2) is 138 Å². The summed E-state index contributed by atoms with van der Waals surface area (Å²) in [5.74, 6) is 0.577. The molecule has 0 saturated heterocycles. The minimum absolute atomic E-state index is 0.168. The summed E-state index contributed by atoms with van der Waals surface area (Å²) in [7, 11) is 0. The fourth-order valence-electron chi connectivity index (χ4n) is 6.85. The van der Waals surface area contributed by atoms with Crippen LogP contribution in [0.2, 0.25) is 0 Å². The molecule has 2 nitrogen and oxygen atoms in total. The maximum atomic E-state index is 5.05. The van der Waals surface area contributed by atoms with E-state index in [2.05, 4.69) is 142 Å². The summed E-state index contributed by atoms with van der Waals surface area (Å²) in [5.41, 5.74) is 7.66. The van der Waals surface area contributed by atoms with Crippen molar-refractivity contribution in [1.82, 2.24) is 4.98 Å². The van der Waals surface area contributed by atoms with Gasteiger partial charge in [0.05, 0.1) is 6.04 Å². The normalized spacial score (nSPS) is 18.3. The van der Waals surface area contributed by atoms with E-state index in [1.807, 2.05) is 12.3 Å². The van der Waals surface area contributed by atoms with Gasteiger partial charge in [0, 0.05) is 17.8 Å². The van der Waals surface area contributed by atoms with Crippen LogP contribution in [-0.2, 0) is 0 Å². The zero-order chi connectivity index (χ0) is 30.3. The van der Waals surface area contributed by atoms with E-state index in [0.29, 0.717) is 5.92 Å². The van der Waals surface area contributed by atoms with Crippen molar-refractivity contribution in [3.63, 3.8) is 0 Å². The average Bonchev–Trinajstić information content (AvgIpc) is 3.09. The van der Waals surface area contributed by atoms with Crippen molar-refractivity contribution in [3.8, 4) is 11.1 Å². The molecule has 6 rings (SSSR count). The molecule has 0 saturated carbocycles. The zero-order valence-corrected chi connectivity index (χ0v) is 26.2. The predicted molar refractivity (Wildman–Crippen MR) is 190 cm³/mol. The average molecular weight is 575 g/mol. The smallest absolute Gasteiger partial charge is 0.0639 e. The topological polar surface area (TPSA) is 25.2 Å². The van der Waals surface area contributed by atoms with Crippen molar-refractivity contribution in [2.24, 2.45) is 10.9 Å². The van der Waals surface area contributed by atoms with Crippen LogP contribution in [0.1, 0.15) is 63.6 Å². The number of allylic oxidation sites excluding steroid dienone is 5. The monoisotopic (exact) mass is 574 g/mol. The molecule has 0 aliphatic carbocycles. The number of aliphatic imine (C=N–C) groups is 1. The molecule has 4 aromatic carbocycles. The Morgan fingerprint density at radius 2 is 1.45 bits per heavy atom. The van der Waals surface area contributed by atoms with Gasteiger partial charge in [-0.05, 0) is 99.3 Å². The van der Waals surface area contributed by atoms with Gasteiger partial charge in [-0.3, -0.25) is 9.98 Å². The Hall–Kier alpha value is -4.56. The van der Waals surface area contributed by atoms with Crippen LogP contribution in [-0.4, -0.2) is 17.2 Å². The summed E-state index contributed by atoms with van der Waals surface area (Å²) in [6, 6.07) is 35.2. The second-order valence-corrected chi connectivity index (χ2v) is 11.8. The largest absolute Gasteiger partial charge is 0.293 e. The number of aromatic nitrogens is 1. The second kappa shape index (κ2) is 13.8. The standard InChI is InChI=1S/C42H42N2/c1-4-6-17-31(5-2)33(27-26-30(3)42-38(24-16-29-44-42)39-25-14-15-28-43-39)41-36-22-12-10-20-34(36)40(32-18-8-7-9-19-32)35-21-11-13-23-37(35)41/h6-15,17-23,25-30,38,42H,4-5,16,24H2,1-3H3/b17-6-,27-26-,33-31-. The molecule has 0 N–H and O–H groups in total. The Morgan fingerprint density at radius 1 is 0.795 bits per heavy atom. The van der Waals surface area contributed by atoms with Gasteiger partial charge in [-0.25, -0.2) is 0 Å². The van der Waals surface area contributed by atoms with E-state index in [0.717, 1.165) is 31.4 Å². The van der Waals surface area contributed by atoms with E-state index in [-0.39, 0.29) is 12.0 Å². The van der Waals surface area contributed by atoms with Crippen molar-refractivity contribution >= 4 is 33.3 Å². The molecule has 44 heavy (non-hydrogen) atoms. The molecule has 2 heteroatoms. The highest BCUT2D eigenvalue weighted by atomic mass is 14.8. The summed E-state index contributed by atoms with van der Waals surface area (Å²) in [6.45, 7) is 6.80. The lowest BCUT2D eigenvalue weighted by molar-refractivity contribution is 0.415. The lowest BCUT2D eigenvalue weighted by Crippen LogP contribution is -2.27. The van der Waals surface area contributed by atoms with Gasteiger partial charge in [0.1, 0.15) is 0 Å². The molecule has 0 spiro atoms. The summed E-state index contributed by atoms with van der Waals surface area (Å²) >= 11 is 0. The molecule has 0 fully saturated rings. The lowest BCUT2D eigenvalue weighted by atomic mass is 9.81. The molecule has 1 aliphatic rings. The van der Waals surface area contributed by atoms with Gasteiger partial charge in [-0.1, -0.05) is 130 Å². The van der Waals surface area contributed by atoms with Crippen LogP contribution in [0.5, 0.6) is 0 Å². The Morgan fingerprint density at radius 3 is 2.09 bits per heavy atom. The van der Waals surface area contributed by atoms with Crippen molar-refractivity contribution < 1.29 is 0 Å². The molecule has 3 unspecified atom stereocenters. The first-order chi connectivity index (χ1) is 21.7. The maximum Gasteiger partial charge on any atom is 0.0639 e. The van der Waals surface area contributed by atoms with E-state index in [9.17, 15) is 0 Å². The molecule has 2 heterocycles. The third kappa shape index (κ3) is 5.95. The van der Waals surface area contributed by atoms with E-state index in [1.165, 1.54) is 49.4 Å². The van der Waals surface area contributed by atoms with Crippen molar-refractivity contribution in [3.05, 3.63) is 144 Å². The molecule has 3 atom stereocenters. The molecule has 0 bridgehead atoms. The Balaban J connectivity index is 1.55. The minimum atomic E-state index is 0.168. The number of pyridine rings is 1. The van der Waals surface area contributed by atoms with E-state index in [1.54, 1.807) is 0 Å². The second-order valence-electron chi connectivity index (χ2n) is 11.8. The fraction of sp³-hybridized carbons (Fsp3) is 0.238. The fourth-order valence-corrected chi connectivity index (χ4v) is 6.85. The molecule has 220 valence electrons. The van der Waals surface area contributed by atoms with Gasteiger partial charge < -0.3 is 0 Å². The molecular formula is C42H42N2. The van der Waals surface area contributed by atoms with E-state index in [4.69, 9.17) is 9.98 Å². The van der Waals surface area contributed by atoms with Gasteiger partial charge >= 0.3 is 0 Å². The van der Waals surface area contributed by atoms with Crippen LogP contribution < -0.4 is 0 Å². The van der Waals surface area contributed by atoms with Crippen LogP contribution in [0.25, 0.3) is 38.2 Å². The molecular weight excluding hydrogens is 532 g/mol. The number of nitrogens with zero attached hydrogens (tertiary/aromatic N) is 2. The van der Waals surface area contributed by atoms with Crippen LogP contribution in [0.4, 0.5) is 0 Å². The van der Waals surface area contributed by atoms with Gasteiger partial charge in [-0.2, -0.15) is 0 Å². The SMILES string of the molecule is CC\C=C/C(CC)=C(/C=C\C(C)C1N=CCCC1c1ccccn1)c1c2ccccc2c(-c2ccccc2)c2ccccc12. The quantitative estimate of drug-likeness (QED) is 0.127.